The van der Waals surface area contributed by atoms with Gasteiger partial charge < -0.3 is 10.5 Å². The Morgan fingerprint density at radius 2 is 2.42 bits per heavy atom. The zero-order valence-electron chi connectivity index (χ0n) is 6.92. The average Bonchev–Trinajstić information content (AvgIpc) is 2.01. The molecule has 2 unspecified atom stereocenters. The van der Waals surface area contributed by atoms with Gasteiger partial charge in [0.25, 0.3) is 0 Å². The lowest BCUT2D eigenvalue weighted by Gasteiger charge is -2.18. The van der Waals surface area contributed by atoms with Crippen molar-refractivity contribution in [1.29, 1.82) is 0 Å². The van der Waals surface area contributed by atoms with Gasteiger partial charge in [-0.25, -0.2) is 4.79 Å². The van der Waals surface area contributed by atoms with Gasteiger partial charge in [-0.3, -0.25) is 0 Å². The minimum absolute atomic E-state index is 0.228. The molecule has 0 aliphatic carbocycles. The summed E-state index contributed by atoms with van der Waals surface area (Å²) in [7, 11) is 0. The summed E-state index contributed by atoms with van der Waals surface area (Å²) in [6.07, 6.45) is 5.43. The van der Waals surface area contributed by atoms with Gasteiger partial charge in [0.1, 0.15) is 6.10 Å². The van der Waals surface area contributed by atoms with E-state index >= 15 is 0 Å². The van der Waals surface area contributed by atoms with E-state index in [1.165, 1.54) is 0 Å². The number of rotatable bonds is 4. The Bertz CT molecular complexity index is 188. The fourth-order valence-electron chi connectivity index (χ4n) is 0.772. The molecule has 0 aromatic heterocycles. The Hall–Kier alpha value is -0.440. The fraction of sp³-hybridized carbons (Fsp3) is 0.625. The first-order valence-electron chi connectivity index (χ1n) is 3.65. The number of amides is 1. The van der Waals surface area contributed by atoms with Gasteiger partial charge in [0, 0.05) is 10.3 Å². The summed E-state index contributed by atoms with van der Waals surface area (Å²) < 4.78 is 5.06. The Labute approximate surface area is 86.2 Å². The summed E-state index contributed by atoms with van der Waals surface area (Å²) in [5.41, 5.74) is 4.88. The zero-order valence-corrected chi connectivity index (χ0v) is 9.08. The Morgan fingerprint density at radius 3 is 2.75 bits per heavy atom. The summed E-state index contributed by atoms with van der Waals surface area (Å²) in [6.45, 7) is 2.00. The number of carbonyl (C=O) groups is 1. The number of carbonyl (C=O) groups excluding carboxylic acids is 1. The van der Waals surface area contributed by atoms with E-state index in [2.05, 4.69) is 28.5 Å². The van der Waals surface area contributed by atoms with Gasteiger partial charge in [-0.1, -0.05) is 29.5 Å². The first kappa shape index (κ1) is 11.6. The Morgan fingerprint density at radius 1 is 1.83 bits per heavy atom. The van der Waals surface area contributed by atoms with Gasteiger partial charge >= 0.3 is 6.09 Å². The van der Waals surface area contributed by atoms with Gasteiger partial charge in [-0.15, -0.1) is 12.3 Å². The van der Waals surface area contributed by atoms with Crippen LogP contribution in [0.4, 0.5) is 4.79 Å². The standard InChI is InChI=1S/C8H12INO2/c1-3-5-7(6(9)4-2)12-8(10)11/h1,6-7H,4-5H2,2H3,(H2,10,11). The Kier molecular flexibility index (Phi) is 5.89. The maximum absolute atomic E-state index is 10.4. The predicted octanol–water partition coefficient (Wildman–Crippen LogP) is 1.69. The minimum Gasteiger partial charge on any atom is -0.444 e. The smallest absolute Gasteiger partial charge is 0.404 e. The van der Waals surface area contributed by atoms with Crippen molar-refractivity contribution >= 4 is 28.7 Å². The second-order valence-electron chi connectivity index (χ2n) is 2.31. The molecule has 0 fully saturated rings. The van der Waals surface area contributed by atoms with Crippen LogP contribution >= 0.6 is 22.6 Å². The molecule has 0 aliphatic heterocycles. The number of alkyl halides is 1. The van der Waals surface area contributed by atoms with Crippen LogP contribution < -0.4 is 5.73 Å². The first-order chi connectivity index (χ1) is 5.61. The van der Waals surface area contributed by atoms with Crippen LogP contribution in [0.3, 0.4) is 0 Å². The highest BCUT2D eigenvalue weighted by molar-refractivity contribution is 14.1. The molecule has 1 amide bonds. The lowest BCUT2D eigenvalue weighted by molar-refractivity contribution is 0.109. The van der Waals surface area contributed by atoms with Crippen LogP contribution in [-0.4, -0.2) is 16.1 Å². The van der Waals surface area contributed by atoms with E-state index in [-0.39, 0.29) is 10.0 Å². The molecule has 2 atom stereocenters. The van der Waals surface area contributed by atoms with Crippen molar-refractivity contribution < 1.29 is 9.53 Å². The average molecular weight is 281 g/mol. The molecule has 4 heteroatoms. The molecule has 0 aliphatic rings. The molecule has 0 bridgehead atoms. The van der Waals surface area contributed by atoms with Gasteiger partial charge in [-0.2, -0.15) is 0 Å². The number of nitrogens with two attached hydrogens (primary N) is 1. The van der Waals surface area contributed by atoms with Gasteiger partial charge in [0.15, 0.2) is 0 Å². The number of halogens is 1. The molecule has 0 saturated heterocycles. The lowest BCUT2D eigenvalue weighted by atomic mass is 10.1. The van der Waals surface area contributed by atoms with Gasteiger partial charge in [-0.05, 0) is 6.42 Å². The quantitative estimate of drug-likeness (QED) is 0.484. The summed E-state index contributed by atoms with van der Waals surface area (Å²) in [4.78, 5) is 10.4. The summed E-state index contributed by atoms with van der Waals surface area (Å²) >= 11 is 2.20. The molecule has 12 heavy (non-hydrogen) atoms. The highest BCUT2D eigenvalue weighted by Crippen LogP contribution is 2.16. The van der Waals surface area contributed by atoms with E-state index in [1.807, 2.05) is 6.92 Å². The van der Waals surface area contributed by atoms with Crippen LogP contribution in [0.5, 0.6) is 0 Å². The molecule has 0 spiro atoms. The molecule has 2 N–H and O–H groups in total. The van der Waals surface area contributed by atoms with E-state index in [0.717, 1.165) is 6.42 Å². The van der Waals surface area contributed by atoms with E-state index in [1.54, 1.807) is 0 Å². The molecule has 0 radical (unpaired) electrons. The lowest BCUT2D eigenvalue weighted by Crippen LogP contribution is -2.29. The van der Waals surface area contributed by atoms with Crippen molar-refractivity contribution in [2.75, 3.05) is 0 Å². The molecule has 0 heterocycles. The molecule has 0 aromatic rings. The highest BCUT2D eigenvalue weighted by Gasteiger charge is 2.19. The topological polar surface area (TPSA) is 52.3 Å². The summed E-state index contributed by atoms with van der Waals surface area (Å²) in [5.74, 6) is 2.45. The van der Waals surface area contributed by atoms with Crippen LogP contribution in [0.2, 0.25) is 0 Å². The third kappa shape index (κ3) is 4.44. The van der Waals surface area contributed by atoms with Crippen molar-refractivity contribution in [2.45, 2.75) is 29.8 Å². The van der Waals surface area contributed by atoms with Gasteiger partial charge in [0.05, 0.1) is 0 Å². The van der Waals surface area contributed by atoms with Crippen LogP contribution in [0.25, 0.3) is 0 Å². The monoisotopic (exact) mass is 281 g/mol. The largest absolute Gasteiger partial charge is 0.444 e. The van der Waals surface area contributed by atoms with Crippen molar-refractivity contribution in [3.05, 3.63) is 0 Å². The maximum Gasteiger partial charge on any atom is 0.404 e. The molecular formula is C8H12INO2. The second kappa shape index (κ2) is 6.12. The second-order valence-corrected chi connectivity index (χ2v) is 3.91. The minimum atomic E-state index is -0.759. The van der Waals surface area contributed by atoms with Crippen LogP contribution in [-0.2, 0) is 4.74 Å². The first-order valence-corrected chi connectivity index (χ1v) is 4.90. The summed E-state index contributed by atoms with van der Waals surface area (Å²) in [5, 5.41) is 0. The number of ether oxygens (including phenoxy) is 1. The van der Waals surface area contributed by atoms with Crippen molar-refractivity contribution in [3.8, 4) is 12.3 Å². The number of hydrogen-bond donors (Lipinski definition) is 1. The zero-order chi connectivity index (χ0) is 9.56. The van der Waals surface area contributed by atoms with E-state index in [9.17, 15) is 4.79 Å². The third-order valence-corrected chi connectivity index (χ3v) is 3.06. The molecule has 3 nitrogen and oxygen atoms in total. The summed E-state index contributed by atoms with van der Waals surface area (Å²) in [6, 6.07) is 0. The third-order valence-electron chi connectivity index (χ3n) is 1.38. The van der Waals surface area contributed by atoms with Crippen LogP contribution in [0.1, 0.15) is 19.8 Å². The van der Waals surface area contributed by atoms with E-state index in [0.29, 0.717) is 6.42 Å². The molecular weight excluding hydrogens is 269 g/mol. The van der Waals surface area contributed by atoms with Crippen molar-refractivity contribution in [3.63, 3.8) is 0 Å². The van der Waals surface area contributed by atoms with Crippen molar-refractivity contribution in [2.24, 2.45) is 5.73 Å². The SMILES string of the molecule is C#CCC(OC(N)=O)C(I)CC. The van der Waals surface area contributed by atoms with Crippen molar-refractivity contribution in [1.82, 2.24) is 0 Å². The number of hydrogen-bond acceptors (Lipinski definition) is 2. The molecule has 68 valence electrons. The molecule has 0 rings (SSSR count). The number of terminal acetylenes is 1. The number of primary amides is 1. The van der Waals surface area contributed by atoms with Crippen LogP contribution in [0, 0.1) is 12.3 Å². The normalized spacial score (nSPS) is 14.4. The maximum atomic E-state index is 10.4. The molecule has 0 aromatic carbocycles. The van der Waals surface area contributed by atoms with Crippen LogP contribution in [0.15, 0.2) is 0 Å². The highest BCUT2D eigenvalue weighted by atomic mass is 127. The van der Waals surface area contributed by atoms with Gasteiger partial charge in [0.2, 0.25) is 0 Å². The molecule has 0 saturated carbocycles. The Balaban J connectivity index is 4.04. The van der Waals surface area contributed by atoms with E-state index in [4.69, 9.17) is 16.9 Å². The van der Waals surface area contributed by atoms with E-state index < -0.39 is 6.09 Å². The fourth-order valence-corrected chi connectivity index (χ4v) is 1.17. The predicted molar refractivity (Wildman–Crippen MR) is 56.0 cm³/mol.